The molecule has 0 aromatic heterocycles. The van der Waals surface area contributed by atoms with Crippen molar-refractivity contribution in [2.24, 2.45) is 0 Å². The number of aryl methyl sites for hydroxylation is 1. The number of nitrogens with one attached hydrogen (secondary N) is 1. The minimum Gasteiger partial charge on any atom is -0.278 e. The lowest BCUT2D eigenvalue weighted by atomic mass is 9.91. The molecule has 0 amide bonds. The maximum absolute atomic E-state index is 14.1. The van der Waals surface area contributed by atoms with E-state index in [1.165, 1.54) is 18.2 Å². The molecule has 2 saturated carbocycles. The van der Waals surface area contributed by atoms with Crippen LogP contribution in [0.3, 0.4) is 0 Å². The Kier molecular flexibility index (Phi) is 7.46. The summed E-state index contributed by atoms with van der Waals surface area (Å²) in [5.74, 6) is 0. The van der Waals surface area contributed by atoms with Crippen LogP contribution in [0.25, 0.3) is 0 Å². The Morgan fingerprint density at radius 1 is 0.727 bits per heavy atom. The van der Waals surface area contributed by atoms with Crippen molar-refractivity contribution >= 4 is 25.7 Å². The summed E-state index contributed by atoms with van der Waals surface area (Å²) in [6, 6.07) is 12.9. The van der Waals surface area contributed by atoms with Crippen LogP contribution < -0.4 is 4.72 Å². The Bertz CT molecular complexity index is 1130. The van der Waals surface area contributed by atoms with Gasteiger partial charge in [0.2, 0.25) is 10.0 Å². The normalized spacial score (nSPS) is 19.0. The summed E-state index contributed by atoms with van der Waals surface area (Å²) in [4.78, 5) is 0.147. The Hall–Kier alpha value is -1.90. The SMILES string of the molecule is Cc1ccc(S(=O)(=O)Nc2ccccc2S(=O)(=O)N(C2CCCCC2)C2CCCCC2)cc1. The van der Waals surface area contributed by atoms with Gasteiger partial charge in [-0.1, -0.05) is 68.4 Å². The van der Waals surface area contributed by atoms with Gasteiger partial charge in [0.15, 0.2) is 0 Å². The van der Waals surface area contributed by atoms with Gasteiger partial charge in [-0.05, 0) is 56.9 Å². The van der Waals surface area contributed by atoms with E-state index in [1.807, 2.05) is 6.92 Å². The molecule has 0 unspecified atom stereocenters. The van der Waals surface area contributed by atoms with Gasteiger partial charge < -0.3 is 0 Å². The van der Waals surface area contributed by atoms with Crippen molar-refractivity contribution in [2.75, 3.05) is 4.72 Å². The highest BCUT2D eigenvalue weighted by molar-refractivity contribution is 7.93. The summed E-state index contributed by atoms with van der Waals surface area (Å²) < 4.78 is 58.6. The van der Waals surface area contributed by atoms with Crippen molar-refractivity contribution in [3.05, 3.63) is 54.1 Å². The van der Waals surface area contributed by atoms with Crippen molar-refractivity contribution < 1.29 is 16.8 Å². The van der Waals surface area contributed by atoms with Gasteiger partial charge in [-0.3, -0.25) is 4.72 Å². The first-order valence-corrected chi connectivity index (χ1v) is 14.9. The number of para-hydroxylation sites is 1. The highest BCUT2D eigenvalue weighted by atomic mass is 32.2. The molecule has 180 valence electrons. The lowest BCUT2D eigenvalue weighted by molar-refractivity contribution is 0.170. The fraction of sp³-hybridized carbons (Fsp3) is 0.520. The monoisotopic (exact) mass is 490 g/mol. The lowest BCUT2D eigenvalue weighted by Gasteiger charge is -2.40. The zero-order valence-electron chi connectivity index (χ0n) is 19.2. The molecule has 0 spiro atoms. The van der Waals surface area contributed by atoms with E-state index in [2.05, 4.69) is 4.72 Å². The average molecular weight is 491 g/mol. The minimum atomic E-state index is -3.92. The molecule has 1 N–H and O–H groups in total. The first-order valence-electron chi connectivity index (χ1n) is 12.0. The Morgan fingerprint density at radius 2 is 1.24 bits per heavy atom. The van der Waals surface area contributed by atoms with E-state index >= 15 is 0 Å². The van der Waals surface area contributed by atoms with E-state index in [-0.39, 0.29) is 27.6 Å². The largest absolute Gasteiger partial charge is 0.278 e. The average Bonchev–Trinajstić information content (AvgIpc) is 2.81. The quantitative estimate of drug-likeness (QED) is 0.559. The molecule has 8 heteroatoms. The molecule has 4 rings (SSSR count). The van der Waals surface area contributed by atoms with E-state index in [0.717, 1.165) is 69.8 Å². The number of anilines is 1. The highest BCUT2D eigenvalue weighted by Crippen LogP contribution is 2.37. The van der Waals surface area contributed by atoms with Crippen LogP contribution in [0.2, 0.25) is 0 Å². The predicted octanol–water partition coefficient (Wildman–Crippen LogP) is 5.45. The fourth-order valence-electron chi connectivity index (χ4n) is 5.17. The second kappa shape index (κ2) is 10.2. The minimum absolute atomic E-state index is 0.0198. The van der Waals surface area contributed by atoms with Crippen molar-refractivity contribution in [3.8, 4) is 0 Å². The molecule has 33 heavy (non-hydrogen) atoms. The molecule has 2 fully saturated rings. The van der Waals surface area contributed by atoms with Crippen LogP contribution in [0.1, 0.15) is 69.8 Å². The summed E-state index contributed by atoms with van der Waals surface area (Å²) >= 11 is 0. The molecule has 0 radical (unpaired) electrons. The molecule has 0 atom stereocenters. The molecule has 0 saturated heterocycles. The van der Waals surface area contributed by atoms with Crippen LogP contribution in [0.4, 0.5) is 5.69 Å². The van der Waals surface area contributed by atoms with E-state index in [1.54, 1.807) is 34.6 Å². The lowest BCUT2D eigenvalue weighted by Crippen LogP contribution is -2.48. The molecule has 2 aromatic carbocycles. The third-order valence-corrected chi connectivity index (χ3v) is 10.3. The summed E-state index contributed by atoms with van der Waals surface area (Å²) in [6.07, 6.45) is 9.89. The van der Waals surface area contributed by atoms with Gasteiger partial charge in [0, 0.05) is 12.1 Å². The third-order valence-electron chi connectivity index (χ3n) is 6.89. The molecule has 6 nitrogen and oxygen atoms in total. The van der Waals surface area contributed by atoms with Crippen LogP contribution in [0.15, 0.2) is 58.3 Å². The van der Waals surface area contributed by atoms with Crippen LogP contribution in [-0.4, -0.2) is 33.2 Å². The van der Waals surface area contributed by atoms with Crippen molar-refractivity contribution in [3.63, 3.8) is 0 Å². The number of hydrogen-bond donors (Lipinski definition) is 1. The Morgan fingerprint density at radius 3 is 1.79 bits per heavy atom. The molecular weight excluding hydrogens is 456 g/mol. The van der Waals surface area contributed by atoms with Gasteiger partial charge in [-0.15, -0.1) is 0 Å². The number of hydrogen-bond acceptors (Lipinski definition) is 4. The second-order valence-electron chi connectivity index (χ2n) is 9.33. The van der Waals surface area contributed by atoms with E-state index in [4.69, 9.17) is 0 Å². The van der Waals surface area contributed by atoms with Crippen LogP contribution in [-0.2, 0) is 20.0 Å². The summed E-state index contributed by atoms with van der Waals surface area (Å²) in [6.45, 7) is 1.89. The van der Waals surface area contributed by atoms with Crippen molar-refractivity contribution in [1.82, 2.24) is 4.31 Å². The van der Waals surface area contributed by atoms with Gasteiger partial charge in [0.25, 0.3) is 10.0 Å². The van der Waals surface area contributed by atoms with E-state index in [9.17, 15) is 16.8 Å². The van der Waals surface area contributed by atoms with Gasteiger partial charge in [-0.25, -0.2) is 16.8 Å². The van der Waals surface area contributed by atoms with Gasteiger partial charge >= 0.3 is 0 Å². The number of benzene rings is 2. The first kappa shape index (κ1) is 24.2. The van der Waals surface area contributed by atoms with Gasteiger partial charge in [-0.2, -0.15) is 4.31 Å². The summed E-state index contributed by atoms with van der Waals surface area (Å²) in [5, 5.41) is 0. The highest BCUT2D eigenvalue weighted by Gasteiger charge is 2.39. The summed E-state index contributed by atoms with van der Waals surface area (Å²) in [7, 11) is -7.81. The molecule has 2 aromatic rings. The van der Waals surface area contributed by atoms with Gasteiger partial charge in [0.1, 0.15) is 4.90 Å². The third kappa shape index (κ3) is 5.44. The maximum atomic E-state index is 14.1. The zero-order chi connectivity index (χ0) is 23.5. The second-order valence-corrected chi connectivity index (χ2v) is 12.8. The Balaban J connectivity index is 1.71. The molecule has 2 aliphatic rings. The van der Waals surface area contributed by atoms with Crippen LogP contribution in [0, 0.1) is 6.92 Å². The van der Waals surface area contributed by atoms with Crippen LogP contribution >= 0.6 is 0 Å². The summed E-state index contributed by atoms with van der Waals surface area (Å²) in [5.41, 5.74) is 1.06. The predicted molar refractivity (Wildman–Crippen MR) is 131 cm³/mol. The molecule has 0 aliphatic heterocycles. The zero-order valence-corrected chi connectivity index (χ0v) is 20.9. The first-order chi connectivity index (χ1) is 15.8. The smallest absolute Gasteiger partial charge is 0.261 e. The number of nitrogens with zero attached hydrogens (tertiary/aromatic N) is 1. The van der Waals surface area contributed by atoms with Crippen LogP contribution in [0.5, 0.6) is 0 Å². The molecule has 0 bridgehead atoms. The maximum Gasteiger partial charge on any atom is 0.261 e. The fourth-order valence-corrected chi connectivity index (χ4v) is 8.40. The molecule has 2 aliphatic carbocycles. The number of sulfonamides is 2. The van der Waals surface area contributed by atoms with Crippen molar-refractivity contribution in [2.45, 2.75) is 93.0 Å². The topological polar surface area (TPSA) is 83.5 Å². The van der Waals surface area contributed by atoms with Crippen molar-refractivity contribution in [1.29, 1.82) is 0 Å². The van der Waals surface area contributed by atoms with E-state index in [0.29, 0.717) is 0 Å². The van der Waals surface area contributed by atoms with E-state index < -0.39 is 20.0 Å². The van der Waals surface area contributed by atoms with Gasteiger partial charge in [0.05, 0.1) is 10.6 Å². The standard InChI is InChI=1S/C25H34N2O4S2/c1-20-16-18-23(19-17-20)32(28,29)26-24-14-8-9-15-25(24)33(30,31)27(21-10-4-2-5-11-21)22-12-6-3-7-13-22/h8-9,14-19,21-22,26H,2-7,10-13H2,1H3. The number of rotatable bonds is 7. The molecule has 0 heterocycles. The molecular formula is C25H34N2O4S2. The Labute approximate surface area is 198 Å².